The first kappa shape index (κ1) is 19.8. The second kappa shape index (κ2) is 8.39. The van der Waals surface area contributed by atoms with Crippen LogP contribution < -0.4 is 9.54 Å². The van der Waals surface area contributed by atoms with Crippen molar-refractivity contribution in [1.29, 1.82) is 0 Å². The van der Waals surface area contributed by atoms with Crippen LogP contribution in [-0.4, -0.2) is 30.2 Å². The number of amides is 1. The van der Waals surface area contributed by atoms with E-state index in [1.165, 1.54) is 11.3 Å². The van der Waals surface area contributed by atoms with E-state index in [2.05, 4.69) is 4.99 Å². The molecule has 0 spiro atoms. The van der Waals surface area contributed by atoms with E-state index in [4.69, 9.17) is 9.47 Å². The lowest BCUT2D eigenvalue weighted by Crippen LogP contribution is -2.23. The fourth-order valence-electron chi connectivity index (χ4n) is 3.00. The summed E-state index contributed by atoms with van der Waals surface area (Å²) in [6.07, 6.45) is 0. The van der Waals surface area contributed by atoms with E-state index in [0.717, 1.165) is 21.3 Å². The van der Waals surface area contributed by atoms with Crippen molar-refractivity contribution in [3.8, 4) is 5.75 Å². The van der Waals surface area contributed by atoms with Gasteiger partial charge in [-0.25, -0.2) is 0 Å². The largest absolute Gasteiger partial charge is 0.497 e. The van der Waals surface area contributed by atoms with E-state index in [0.29, 0.717) is 22.7 Å². The number of carbonyl (C=O) groups is 2. The number of ether oxygens (including phenoxy) is 2. The van der Waals surface area contributed by atoms with Gasteiger partial charge in [0.2, 0.25) is 0 Å². The van der Waals surface area contributed by atoms with Crippen molar-refractivity contribution < 1.29 is 19.1 Å². The summed E-state index contributed by atoms with van der Waals surface area (Å²) in [5.41, 5.74) is 3.32. The summed E-state index contributed by atoms with van der Waals surface area (Å²) in [7, 11) is 1.59. The van der Waals surface area contributed by atoms with Crippen molar-refractivity contribution in [2.45, 2.75) is 27.3 Å². The number of hydrogen-bond donors (Lipinski definition) is 0. The van der Waals surface area contributed by atoms with Crippen LogP contribution in [0.4, 0.5) is 0 Å². The van der Waals surface area contributed by atoms with Gasteiger partial charge < -0.3 is 14.0 Å². The number of aryl methyl sites for hydroxylation is 2. The van der Waals surface area contributed by atoms with Crippen LogP contribution in [0.5, 0.6) is 5.75 Å². The topological polar surface area (TPSA) is 69.9 Å². The average Bonchev–Trinajstić information content (AvgIpc) is 2.97. The van der Waals surface area contributed by atoms with Gasteiger partial charge in [-0.1, -0.05) is 28.5 Å². The highest BCUT2D eigenvalue weighted by Gasteiger charge is 2.14. The Bertz CT molecular complexity index is 1090. The average molecular weight is 398 g/mol. The van der Waals surface area contributed by atoms with Gasteiger partial charge in [0.25, 0.3) is 5.91 Å². The fourth-order valence-corrected chi connectivity index (χ4v) is 4.06. The number of nitrogens with zero attached hydrogens (tertiary/aromatic N) is 2. The Morgan fingerprint density at radius 2 is 1.82 bits per heavy atom. The molecule has 0 N–H and O–H groups in total. The van der Waals surface area contributed by atoms with Crippen LogP contribution in [0.25, 0.3) is 10.2 Å². The molecule has 28 heavy (non-hydrogen) atoms. The summed E-state index contributed by atoms with van der Waals surface area (Å²) < 4.78 is 12.9. The Hall–Kier alpha value is -2.93. The number of benzene rings is 2. The molecule has 146 valence electrons. The van der Waals surface area contributed by atoms with Crippen molar-refractivity contribution in [3.05, 3.63) is 57.9 Å². The quantitative estimate of drug-likeness (QED) is 0.616. The van der Waals surface area contributed by atoms with Crippen LogP contribution >= 0.6 is 11.3 Å². The van der Waals surface area contributed by atoms with E-state index in [9.17, 15) is 9.59 Å². The van der Waals surface area contributed by atoms with Crippen molar-refractivity contribution >= 4 is 33.4 Å². The Labute approximate surface area is 167 Å². The molecule has 3 aromatic rings. The van der Waals surface area contributed by atoms with Crippen molar-refractivity contribution in [1.82, 2.24) is 4.57 Å². The first-order valence-corrected chi connectivity index (χ1v) is 9.73. The van der Waals surface area contributed by atoms with Crippen LogP contribution in [0.1, 0.15) is 28.4 Å². The lowest BCUT2D eigenvalue weighted by atomic mass is 10.1. The number of esters is 1. The highest BCUT2D eigenvalue weighted by Crippen LogP contribution is 2.23. The van der Waals surface area contributed by atoms with E-state index in [1.807, 2.05) is 50.2 Å². The summed E-state index contributed by atoms with van der Waals surface area (Å²) in [4.78, 5) is 29.6. The molecule has 0 unspecified atom stereocenters. The zero-order chi connectivity index (χ0) is 20.3. The number of rotatable bonds is 5. The summed E-state index contributed by atoms with van der Waals surface area (Å²) >= 11 is 1.33. The number of carbonyl (C=O) groups excluding carboxylic acids is 2. The lowest BCUT2D eigenvalue weighted by molar-refractivity contribution is -0.143. The van der Waals surface area contributed by atoms with Gasteiger partial charge in [0, 0.05) is 5.56 Å². The summed E-state index contributed by atoms with van der Waals surface area (Å²) in [6, 6.07) is 11.2. The molecule has 0 saturated heterocycles. The summed E-state index contributed by atoms with van der Waals surface area (Å²) in [6.45, 7) is 5.92. The predicted molar refractivity (Wildman–Crippen MR) is 109 cm³/mol. The zero-order valence-corrected chi connectivity index (χ0v) is 17.1. The van der Waals surface area contributed by atoms with Gasteiger partial charge in [0.05, 0.1) is 23.9 Å². The maximum Gasteiger partial charge on any atom is 0.326 e. The van der Waals surface area contributed by atoms with Crippen molar-refractivity contribution in [2.24, 2.45) is 4.99 Å². The molecule has 6 nitrogen and oxygen atoms in total. The molecule has 0 bridgehead atoms. The van der Waals surface area contributed by atoms with Gasteiger partial charge in [-0.05, 0) is 51.1 Å². The fraction of sp³-hybridized carbons (Fsp3) is 0.286. The maximum absolute atomic E-state index is 12.8. The third-order valence-electron chi connectivity index (χ3n) is 4.15. The molecule has 0 saturated carbocycles. The molecule has 1 amide bonds. The molecule has 0 atom stereocenters. The molecule has 0 aliphatic carbocycles. The second-order valence-electron chi connectivity index (χ2n) is 6.40. The molecular weight excluding hydrogens is 376 g/mol. The first-order chi connectivity index (χ1) is 13.4. The van der Waals surface area contributed by atoms with E-state index in [1.54, 1.807) is 18.6 Å². The van der Waals surface area contributed by atoms with Crippen molar-refractivity contribution in [2.75, 3.05) is 13.7 Å². The van der Waals surface area contributed by atoms with Crippen LogP contribution in [-0.2, 0) is 16.1 Å². The molecule has 0 radical (unpaired) electrons. The van der Waals surface area contributed by atoms with Crippen LogP contribution in [0.3, 0.4) is 0 Å². The number of thiazole rings is 1. The van der Waals surface area contributed by atoms with Crippen LogP contribution in [0, 0.1) is 13.8 Å². The van der Waals surface area contributed by atoms with E-state index in [-0.39, 0.29) is 18.4 Å². The monoisotopic (exact) mass is 398 g/mol. The van der Waals surface area contributed by atoms with Gasteiger partial charge >= 0.3 is 5.97 Å². The minimum Gasteiger partial charge on any atom is -0.497 e. The molecule has 0 fully saturated rings. The van der Waals surface area contributed by atoms with Crippen LogP contribution in [0.15, 0.2) is 41.4 Å². The number of fused-ring (bicyclic) bond motifs is 1. The van der Waals surface area contributed by atoms with Gasteiger partial charge in [0.15, 0.2) is 4.80 Å². The molecule has 0 aliphatic rings. The summed E-state index contributed by atoms with van der Waals surface area (Å²) in [5, 5.41) is 0. The SMILES string of the molecule is CCOC(=O)Cn1c(=NC(=O)c2cc(C)cc(C)c2)sc2cc(OC)ccc21. The lowest BCUT2D eigenvalue weighted by Gasteiger charge is -2.06. The standard InChI is InChI=1S/C21H22N2O4S/c1-5-27-19(24)12-23-17-7-6-16(26-4)11-18(17)28-21(23)22-20(25)15-9-13(2)8-14(3)10-15/h6-11H,5,12H2,1-4H3. The van der Waals surface area contributed by atoms with Crippen molar-refractivity contribution in [3.63, 3.8) is 0 Å². The zero-order valence-electron chi connectivity index (χ0n) is 16.3. The molecule has 2 aromatic carbocycles. The molecule has 1 heterocycles. The number of methoxy groups -OCH3 is 1. The maximum atomic E-state index is 12.8. The van der Waals surface area contributed by atoms with Gasteiger partial charge in [-0.15, -0.1) is 0 Å². The Morgan fingerprint density at radius 3 is 2.46 bits per heavy atom. The molecule has 0 aliphatic heterocycles. The molecule has 1 aromatic heterocycles. The molecule has 7 heteroatoms. The highest BCUT2D eigenvalue weighted by molar-refractivity contribution is 7.16. The normalized spacial score (nSPS) is 11.6. The third kappa shape index (κ3) is 4.31. The Balaban J connectivity index is 2.12. The number of aromatic nitrogens is 1. The Kier molecular flexibility index (Phi) is 5.94. The second-order valence-corrected chi connectivity index (χ2v) is 7.41. The van der Waals surface area contributed by atoms with Gasteiger partial charge in [-0.2, -0.15) is 4.99 Å². The minimum absolute atomic E-state index is 0.0148. The number of hydrogen-bond acceptors (Lipinski definition) is 5. The van der Waals surface area contributed by atoms with Gasteiger partial charge in [0.1, 0.15) is 12.3 Å². The Morgan fingerprint density at radius 1 is 1.11 bits per heavy atom. The molecule has 3 rings (SSSR count). The predicted octanol–water partition coefficient (Wildman–Crippen LogP) is 3.63. The van der Waals surface area contributed by atoms with Crippen LogP contribution in [0.2, 0.25) is 0 Å². The van der Waals surface area contributed by atoms with E-state index < -0.39 is 0 Å². The third-order valence-corrected chi connectivity index (χ3v) is 5.19. The highest BCUT2D eigenvalue weighted by atomic mass is 32.1. The first-order valence-electron chi connectivity index (χ1n) is 8.91. The minimum atomic E-state index is -0.377. The smallest absolute Gasteiger partial charge is 0.326 e. The molecular formula is C21H22N2O4S. The summed E-state index contributed by atoms with van der Waals surface area (Å²) in [5.74, 6) is -0.0227. The van der Waals surface area contributed by atoms with Gasteiger partial charge in [-0.3, -0.25) is 9.59 Å². The van der Waals surface area contributed by atoms with E-state index >= 15 is 0 Å².